The van der Waals surface area contributed by atoms with Crippen molar-refractivity contribution >= 4 is 16.1 Å². The first-order valence-electron chi connectivity index (χ1n) is 15.1. The van der Waals surface area contributed by atoms with Crippen LogP contribution in [0.15, 0.2) is 89.8 Å². The maximum Gasteiger partial charge on any atom is 0.410 e. The molecule has 0 aliphatic carbocycles. The van der Waals surface area contributed by atoms with Gasteiger partial charge in [0.2, 0.25) is 10.0 Å². The molecule has 8 heteroatoms. The fourth-order valence-corrected chi connectivity index (χ4v) is 6.99. The predicted molar refractivity (Wildman–Crippen MR) is 168 cm³/mol. The normalized spacial score (nSPS) is 15.4. The number of aryl methyl sites for hydroxylation is 1. The number of carbonyl (C=O) groups is 1. The van der Waals surface area contributed by atoms with Gasteiger partial charge in [0.15, 0.2) is 0 Å². The van der Waals surface area contributed by atoms with Crippen LogP contribution in [0.2, 0.25) is 0 Å². The summed E-state index contributed by atoms with van der Waals surface area (Å²) in [7, 11) is -1.90. The van der Waals surface area contributed by atoms with Crippen LogP contribution in [0.25, 0.3) is 0 Å². The molecule has 226 valence electrons. The number of carbonyl (C=O) groups excluding carboxylic acids is 1. The van der Waals surface area contributed by atoms with E-state index in [2.05, 4.69) is 24.0 Å². The lowest BCUT2D eigenvalue weighted by atomic mass is 9.94. The number of likely N-dealkylation sites (N-methyl/N-ethyl adjacent to an activating group) is 1. The Bertz CT molecular complexity index is 1360. The molecule has 3 aromatic rings. The molecule has 0 bridgehead atoms. The van der Waals surface area contributed by atoms with Gasteiger partial charge in [-0.25, -0.2) is 17.5 Å². The number of nitrogens with zero attached hydrogens (tertiary/aromatic N) is 3. The van der Waals surface area contributed by atoms with Crippen LogP contribution in [0.5, 0.6) is 0 Å². The Morgan fingerprint density at radius 2 is 1.64 bits per heavy atom. The van der Waals surface area contributed by atoms with Gasteiger partial charge < -0.3 is 14.5 Å². The Morgan fingerprint density at radius 1 is 0.976 bits per heavy atom. The molecule has 1 aliphatic heterocycles. The largest absolute Gasteiger partial charge is 0.445 e. The molecule has 1 atom stereocenters. The van der Waals surface area contributed by atoms with Crippen molar-refractivity contribution in [3.8, 4) is 0 Å². The van der Waals surface area contributed by atoms with Crippen molar-refractivity contribution in [2.24, 2.45) is 0 Å². The number of benzene rings is 3. The summed E-state index contributed by atoms with van der Waals surface area (Å²) in [6.07, 6.45) is 3.30. The van der Waals surface area contributed by atoms with Gasteiger partial charge in [-0.15, -0.1) is 0 Å². The van der Waals surface area contributed by atoms with Gasteiger partial charge in [0.05, 0.1) is 4.90 Å². The molecular weight excluding hydrogens is 546 g/mol. The van der Waals surface area contributed by atoms with E-state index in [1.54, 1.807) is 31.3 Å². The third-order valence-electron chi connectivity index (χ3n) is 8.14. The van der Waals surface area contributed by atoms with Crippen LogP contribution in [-0.4, -0.2) is 74.4 Å². The molecule has 1 amide bonds. The average molecular weight is 592 g/mol. The Labute approximate surface area is 252 Å². The van der Waals surface area contributed by atoms with Crippen LogP contribution in [0, 0.1) is 6.92 Å². The highest BCUT2D eigenvalue weighted by Crippen LogP contribution is 2.26. The van der Waals surface area contributed by atoms with Crippen molar-refractivity contribution in [2.75, 3.05) is 39.8 Å². The van der Waals surface area contributed by atoms with Crippen LogP contribution in [-0.2, 0) is 21.4 Å². The Balaban J connectivity index is 1.33. The lowest BCUT2D eigenvalue weighted by molar-refractivity contribution is 0.0601. The molecule has 1 saturated heterocycles. The van der Waals surface area contributed by atoms with Crippen molar-refractivity contribution in [3.05, 3.63) is 102 Å². The summed E-state index contributed by atoms with van der Waals surface area (Å²) in [5, 5.41) is 0. The van der Waals surface area contributed by atoms with Gasteiger partial charge in [0.25, 0.3) is 0 Å². The van der Waals surface area contributed by atoms with Crippen LogP contribution in [0.4, 0.5) is 4.79 Å². The van der Waals surface area contributed by atoms with E-state index in [4.69, 9.17) is 4.74 Å². The number of hydrogen-bond acceptors (Lipinski definition) is 5. The smallest absolute Gasteiger partial charge is 0.410 e. The minimum absolute atomic E-state index is 0.0700. The fourth-order valence-electron chi connectivity index (χ4n) is 5.76. The average Bonchev–Trinajstić information content (AvgIpc) is 3.02. The zero-order valence-corrected chi connectivity index (χ0v) is 26.0. The number of likely N-dealkylation sites (tertiary alicyclic amines) is 1. The third kappa shape index (κ3) is 8.66. The van der Waals surface area contributed by atoms with Gasteiger partial charge in [-0.1, -0.05) is 85.3 Å². The van der Waals surface area contributed by atoms with Crippen LogP contribution < -0.4 is 0 Å². The highest BCUT2D eigenvalue weighted by molar-refractivity contribution is 7.89. The fraction of sp³-hybridized carbons (Fsp3) is 0.441. The van der Waals surface area contributed by atoms with Gasteiger partial charge in [-0.2, -0.15) is 0 Å². The summed E-state index contributed by atoms with van der Waals surface area (Å²) in [6.45, 7) is 8.19. The summed E-state index contributed by atoms with van der Waals surface area (Å²) in [6, 6.07) is 27.0. The summed E-state index contributed by atoms with van der Waals surface area (Å²) in [5.74, 6) is 0.0700. The second kappa shape index (κ2) is 15.3. The van der Waals surface area contributed by atoms with Crippen LogP contribution in [0.1, 0.15) is 55.2 Å². The quantitative estimate of drug-likeness (QED) is 0.233. The standard InChI is InChI=1S/C34H45N3O4S/c1-4-21-37(34(38)41-27-29-13-11-12-28(2)25-29)32-19-23-36(24-20-32)22-18-31(30-14-7-5-8-15-30)26-35(3)42(39,40)33-16-9-6-10-17-33/h5-17,25,31-32H,4,18-24,26-27H2,1-3H3. The first-order valence-corrected chi connectivity index (χ1v) is 16.5. The van der Waals surface area contributed by atoms with E-state index in [-0.39, 0.29) is 24.7 Å². The van der Waals surface area contributed by atoms with Gasteiger partial charge in [0.1, 0.15) is 6.61 Å². The lowest BCUT2D eigenvalue weighted by Crippen LogP contribution is -2.48. The van der Waals surface area contributed by atoms with E-state index in [0.717, 1.165) is 62.0 Å². The number of rotatable bonds is 13. The number of piperidine rings is 1. The third-order valence-corrected chi connectivity index (χ3v) is 9.97. The Morgan fingerprint density at radius 3 is 2.29 bits per heavy atom. The van der Waals surface area contributed by atoms with Crippen molar-refractivity contribution in [2.45, 2.75) is 63.0 Å². The second-order valence-electron chi connectivity index (χ2n) is 11.3. The number of ether oxygens (including phenoxy) is 1. The molecule has 0 radical (unpaired) electrons. The molecular formula is C34H45N3O4S. The van der Waals surface area contributed by atoms with Gasteiger partial charge in [0, 0.05) is 39.3 Å². The van der Waals surface area contributed by atoms with Crippen molar-refractivity contribution < 1.29 is 17.9 Å². The minimum atomic E-state index is -3.57. The summed E-state index contributed by atoms with van der Waals surface area (Å²) in [5.41, 5.74) is 3.30. The van der Waals surface area contributed by atoms with Gasteiger partial charge >= 0.3 is 6.09 Å². The first kappa shape index (κ1) is 31.7. The molecule has 1 unspecified atom stereocenters. The zero-order chi connectivity index (χ0) is 30.0. The number of sulfonamides is 1. The van der Waals surface area contributed by atoms with E-state index < -0.39 is 10.0 Å². The molecule has 1 fully saturated rings. The second-order valence-corrected chi connectivity index (χ2v) is 13.3. The molecule has 7 nitrogen and oxygen atoms in total. The van der Waals surface area contributed by atoms with Gasteiger partial charge in [-0.3, -0.25) is 0 Å². The van der Waals surface area contributed by atoms with Crippen molar-refractivity contribution in [1.29, 1.82) is 0 Å². The van der Waals surface area contributed by atoms with Crippen LogP contribution >= 0.6 is 0 Å². The molecule has 42 heavy (non-hydrogen) atoms. The van der Waals surface area contributed by atoms with Crippen LogP contribution in [0.3, 0.4) is 0 Å². The maximum absolute atomic E-state index is 13.2. The maximum atomic E-state index is 13.2. The molecule has 1 aliphatic rings. The zero-order valence-electron chi connectivity index (χ0n) is 25.2. The molecule has 0 aromatic heterocycles. The SMILES string of the molecule is CCCN(C(=O)OCc1cccc(C)c1)C1CCN(CCC(CN(C)S(=O)(=O)c2ccccc2)c2ccccc2)CC1. The highest BCUT2D eigenvalue weighted by atomic mass is 32.2. The summed E-state index contributed by atoms with van der Waals surface area (Å²) >= 11 is 0. The van der Waals surface area contributed by atoms with E-state index in [1.807, 2.05) is 60.4 Å². The van der Waals surface area contributed by atoms with Gasteiger partial charge in [-0.05, 0) is 68.3 Å². The topological polar surface area (TPSA) is 70.2 Å². The Hall–Kier alpha value is -3.20. The minimum Gasteiger partial charge on any atom is -0.445 e. The molecule has 0 spiro atoms. The molecule has 4 rings (SSSR count). The molecule has 3 aromatic carbocycles. The summed E-state index contributed by atoms with van der Waals surface area (Å²) in [4.78, 5) is 17.7. The molecule has 0 saturated carbocycles. The van der Waals surface area contributed by atoms with E-state index in [0.29, 0.717) is 18.0 Å². The van der Waals surface area contributed by atoms with Crippen molar-refractivity contribution in [3.63, 3.8) is 0 Å². The molecule has 1 heterocycles. The van der Waals surface area contributed by atoms with E-state index in [9.17, 15) is 13.2 Å². The van der Waals surface area contributed by atoms with Crippen molar-refractivity contribution in [1.82, 2.24) is 14.1 Å². The van der Waals surface area contributed by atoms with E-state index in [1.165, 1.54) is 4.31 Å². The molecule has 0 N–H and O–H groups in total. The Kier molecular flexibility index (Phi) is 11.6. The summed E-state index contributed by atoms with van der Waals surface area (Å²) < 4.78 is 33.7. The number of hydrogen-bond donors (Lipinski definition) is 0. The lowest BCUT2D eigenvalue weighted by Gasteiger charge is -2.38. The monoisotopic (exact) mass is 591 g/mol. The first-order chi connectivity index (χ1) is 20.3. The highest BCUT2D eigenvalue weighted by Gasteiger charge is 2.30. The van der Waals surface area contributed by atoms with E-state index >= 15 is 0 Å². The number of amides is 1. The predicted octanol–water partition coefficient (Wildman–Crippen LogP) is 6.30.